The van der Waals surface area contributed by atoms with E-state index in [1.54, 1.807) is 0 Å². The first-order chi connectivity index (χ1) is 4.89. The molecule has 9 heteroatoms. The van der Waals surface area contributed by atoms with Crippen LogP contribution in [0.25, 0.3) is 0 Å². The second-order valence-corrected chi connectivity index (χ2v) is 1.95. The molecule has 0 spiro atoms. The van der Waals surface area contributed by atoms with Gasteiger partial charge in [0.25, 0.3) is 0 Å². The zero-order chi connectivity index (χ0) is 8.91. The Bertz CT molecular complexity index is 176. The molecule has 0 bridgehead atoms. The molecule has 0 fully saturated rings. The fraction of sp³-hybridized carbons (Fsp3) is 0. The average Bonchev–Trinajstić information content (AvgIpc) is 2.12. The van der Waals surface area contributed by atoms with Crippen LogP contribution in [0.2, 0.25) is 0 Å². The van der Waals surface area contributed by atoms with Crippen molar-refractivity contribution in [2.75, 3.05) is 5.73 Å². The van der Waals surface area contributed by atoms with Crippen LogP contribution in [0.15, 0.2) is 10.8 Å². The summed E-state index contributed by atoms with van der Waals surface area (Å²) in [5.74, 6) is 0. The number of rotatable bonds is 0. The Morgan fingerprint density at radius 3 is 2.00 bits per heavy atom. The minimum Gasteiger partial charge on any atom is -0.371 e. The van der Waals surface area contributed by atoms with Crippen LogP contribution in [0.3, 0.4) is 0 Å². The van der Waals surface area contributed by atoms with E-state index in [1.165, 1.54) is 6.39 Å². The first kappa shape index (κ1) is 10.1. The lowest BCUT2D eigenvalue weighted by molar-refractivity contribution is -2.00. The molecule has 1 aromatic rings. The van der Waals surface area contributed by atoms with Crippen molar-refractivity contribution in [3.63, 3.8) is 0 Å². The van der Waals surface area contributed by atoms with Gasteiger partial charge in [0.2, 0.25) is 0 Å². The van der Waals surface area contributed by atoms with E-state index < -0.39 is 10.2 Å². The minimum absolute atomic E-state index is 0.162. The maximum atomic E-state index is 8.49. The summed E-state index contributed by atoms with van der Waals surface area (Å²) in [7, 11) is -4.94. The fourth-order valence-electron chi connectivity index (χ4n) is 0.203. The first-order valence-corrected chi connectivity index (χ1v) is 3.32. The second-order valence-electron chi connectivity index (χ2n) is 1.19. The predicted octanol–water partition coefficient (Wildman–Crippen LogP) is -5.69. The van der Waals surface area contributed by atoms with Crippen molar-refractivity contribution in [2.45, 2.75) is 0 Å². The Morgan fingerprint density at radius 1 is 1.45 bits per heavy atom. The molecule has 0 saturated carbocycles. The molecule has 0 aliphatic heterocycles. The highest BCUT2D eigenvalue weighted by atomic mass is 35.7. The van der Waals surface area contributed by atoms with Crippen molar-refractivity contribution in [1.82, 2.24) is 5.10 Å². The van der Waals surface area contributed by atoms with Crippen LogP contribution in [-0.4, -0.2) is 5.10 Å². The summed E-state index contributed by atoms with van der Waals surface area (Å²) in [6.45, 7) is 0. The molecule has 0 unspecified atom stereocenters. The summed E-state index contributed by atoms with van der Waals surface area (Å²) in [6, 6.07) is 0.162. The topological polar surface area (TPSA) is 158 Å². The van der Waals surface area contributed by atoms with Gasteiger partial charge in [0.05, 0.1) is 5.10 Å². The van der Waals surface area contributed by atoms with Crippen LogP contribution in [0.5, 0.6) is 0 Å². The van der Waals surface area contributed by atoms with Crippen molar-refractivity contribution in [2.24, 2.45) is 0 Å². The summed E-state index contributed by atoms with van der Waals surface area (Å²) in [6.07, 6.45) is 1.30. The normalized spacial score (nSPS) is 10.2. The van der Waals surface area contributed by atoms with Gasteiger partial charge in [-0.3, -0.25) is 0 Å². The Balaban J connectivity index is 0.000000187. The number of nitrogen functional groups attached to an aromatic ring is 1. The maximum absolute atomic E-state index is 8.49. The van der Waals surface area contributed by atoms with Crippen LogP contribution in [-0.2, 0) is 0 Å². The molecule has 3 N–H and O–H groups in total. The van der Waals surface area contributed by atoms with E-state index in [-0.39, 0.29) is 6.01 Å². The number of anilines is 1. The summed E-state index contributed by atoms with van der Waals surface area (Å²) in [4.78, 5) is 0. The Labute approximate surface area is 62.6 Å². The standard InChI is InChI=1S/C2H3N3O.ClHO4/c3-2-5-4-1-6-2;2-1(3,4)5/h1H,(H2,3,5);(H,2,3,4,5). The SMILES string of the molecule is Nc1n[nH+]co1.[O-][Cl+3]([O-])([O-])[O-]. The second kappa shape index (κ2) is 4.05. The molecule has 64 valence electrons. The summed E-state index contributed by atoms with van der Waals surface area (Å²) in [5.41, 5.74) is 4.97. The van der Waals surface area contributed by atoms with Gasteiger partial charge in [0.1, 0.15) is 0 Å². The van der Waals surface area contributed by atoms with E-state index in [9.17, 15) is 0 Å². The van der Waals surface area contributed by atoms with Gasteiger partial charge in [0.15, 0.2) is 0 Å². The van der Waals surface area contributed by atoms with Gasteiger partial charge in [-0.2, -0.15) is 0 Å². The molecule has 0 amide bonds. The molecule has 1 aromatic heterocycles. The minimum atomic E-state index is -4.94. The Kier molecular flexibility index (Phi) is 3.71. The molecule has 0 aliphatic rings. The molecular weight excluding hydrogens is 181 g/mol. The van der Waals surface area contributed by atoms with Crippen molar-refractivity contribution in [3.8, 4) is 0 Å². The van der Waals surface area contributed by atoms with Gasteiger partial charge in [-0.15, -0.1) is 10.2 Å². The van der Waals surface area contributed by atoms with Crippen LogP contribution in [0, 0.1) is 10.2 Å². The largest absolute Gasteiger partial charge is 0.371 e. The predicted molar refractivity (Wildman–Crippen MR) is 17.5 cm³/mol. The zero-order valence-electron chi connectivity index (χ0n) is 5.02. The van der Waals surface area contributed by atoms with E-state index in [4.69, 9.17) is 24.4 Å². The number of H-pyrrole nitrogens is 1. The number of nitrogens with one attached hydrogen (secondary N) is 1. The molecule has 1 heterocycles. The zero-order valence-corrected chi connectivity index (χ0v) is 5.78. The van der Waals surface area contributed by atoms with Crippen LogP contribution >= 0.6 is 0 Å². The molecule has 0 aromatic carbocycles. The molecule has 1 rings (SSSR count). The number of nitrogens with zero attached hydrogens (tertiary/aromatic N) is 1. The fourth-order valence-corrected chi connectivity index (χ4v) is 0.203. The summed E-state index contributed by atoms with van der Waals surface area (Å²) < 4.78 is 38.4. The monoisotopic (exact) mass is 185 g/mol. The highest BCUT2D eigenvalue weighted by Gasteiger charge is 1.87. The number of hydrogen-bond donors (Lipinski definition) is 1. The van der Waals surface area contributed by atoms with E-state index in [0.717, 1.165) is 0 Å². The lowest BCUT2D eigenvalue weighted by Gasteiger charge is -2.17. The van der Waals surface area contributed by atoms with Gasteiger partial charge in [-0.1, -0.05) is 5.10 Å². The Hall–Kier alpha value is -0.930. The number of halogens is 1. The molecule has 0 atom stereocenters. The maximum Gasteiger partial charge on any atom is 0.361 e. The summed E-state index contributed by atoms with van der Waals surface area (Å²) >= 11 is 0. The van der Waals surface area contributed by atoms with Crippen molar-refractivity contribution < 1.29 is 38.4 Å². The van der Waals surface area contributed by atoms with Gasteiger partial charge < -0.3 is 10.2 Å². The molecular formula is C2H4ClN3O5. The van der Waals surface area contributed by atoms with Gasteiger partial charge in [-0.05, 0) is 0 Å². The van der Waals surface area contributed by atoms with Gasteiger partial charge in [-0.25, -0.2) is 18.6 Å². The molecule has 0 aliphatic carbocycles. The van der Waals surface area contributed by atoms with Crippen molar-refractivity contribution in [3.05, 3.63) is 6.39 Å². The number of aromatic nitrogens is 2. The third kappa shape index (κ3) is 12.3. The average molecular weight is 186 g/mol. The van der Waals surface area contributed by atoms with Gasteiger partial charge >= 0.3 is 12.4 Å². The first-order valence-electron chi connectivity index (χ1n) is 2.08. The Morgan fingerprint density at radius 2 is 1.91 bits per heavy atom. The van der Waals surface area contributed by atoms with E-state index in [2.05, 4.69) is 14.6 Å². The quantitative estimate of drug-likeness (QED) is 0.421. The number of nitrogens with two attached hydrogens (primary N) is 1. The van der Waals surface area contributed by atoms with Gasteiger partial charge in [0, 0.05) is 0 Å². The van der Waals surface area contributed by atoms with Crippen molar-refractivity contribution >= 4 is 6.01 Å². The molecule has 0 saturated heterocycles. The van der Waals surface area contributed by atoms with Crippen LogP contribution in [0.1, 0.15) is 0 Å². The lowest BCUT2D eigenvalue weighted by atomic mass is 11.2. The molecule has 0 radical (unpaired) electrons. The highest BCUT2D eigenvalue weighted by molar-refractivity contribution is 4.99. The lowest BCUT2D eigenvalue weighted by Crippen LogP contribution is -2.68. The third-order valence-corrected chi connectivity index (χ3v) is 0.407. The highest BCUT2D eigenvalue weighted by Crippen LogP contribution is 1.82. The smallest absolute Gasteiger partial charge is 0.361 e. The third-order valence-electron chi connectivity index (χ3n) is 0.407. The van der Waals surface area contributed by atoms with E-state index in [1.807, 2.05) is 0 Å². The van der Waals surface area contributed by atoms with E-state index in [0.29, 0.717) is 0 Å². The van der Waals surface area contributed by atoms with E-state index >= 15 is 0 Å². The van der Waals surface area contributed by atoms with Crippen molar-refractivity contribution in [1.29, 1.82) is 0 Å². The molecule has 8 nitrogen and oxygen atoms in total. The summed E-state index contributed by atoms with van der Waals surface area (Å²) in [5, 5.41) is 5.79. The van der Waals surface area contributed by atoms with Crippen LogP contribution in [0.4, 0.5) is 6.01 Å². The molecule has 11 heavy (non-hydrogen) atoms. The van der Waals surface area contributed by atoms with Crippen LogP contribution < -0.4 is 29.5 Å². The number of aromatic amines is 1. The number of hydrogen-bond acceptors (Lipinski definition) is 7.